The number of hydroxylamine groups is 2. The highest BCUT2D eigenvalue weighted by Gasteiger charge is 2.32. The highest BCUT2D eigenvalue weighted by Crippen LogP contribution is 2.36. The molecular formula is C30H31N5O9. The smallest absolute Gasteiger partial charge is 0.481 e. The number of aromatic nitrogens is 2. The molecule has 0 saturated carbocycles. The first-order chi connectivity index (χ1) is 21.3. The van der Waals surface area contributed by atoms with Gasteiger partial charge in [0.05, 0.1) is 19.7 Å². The van der Waals surface area contributed by atoms with E-state index in [0.717, 1.165) is 0 Å². The molecule has 3 aromatic rings. The van der Waals surface area contributed by atoms with E-state index in [2.05, 4.69) is 15.3 Å². The highest BCUT2D eigenvalue weighted by molar-refractivity contribution is 6.01. The van der Waals surface area contributed by atoms with Crippen LogP contribution in [-0.2, 0) is 19.2 Å². The van der Waals surface area contributed by atoms with Gasteiger partial charge in [0.1, 0.15) is 11.7 Å². The van der Waals surface area contributed by atoms with Crippen LogP contribution in [0.2, 0.25) is 0 Å². The van der Waals surface area contributed by atoms with Crippen LogP contribution in [-0.4, -0.2) is 94.6 Å². The minimum absolute atomic E-state index is 0.00139. The van der Waals surface area contributed by atoms with Crippen molar-refractivity contribution in [2.75, 3.05) is 39.6 Å². The number of hydrogen-bond acceptors (Lipinski definition) is 11. The molecule has 2 aliphatic heterocycles. The Kier molecular flexibility index (Phi) is 9.49. The largest absolute Gasteiger partial charge is 0.527 e. The van der Waals surface area contributed by atoms with Crippen molar-refractivity contribution >= 4 is 23.9 Å². The molecule has 0 spiro atoms. The molecule has 1 atom stereocenters. The number of piperazine rings is 1. The van der Waals surface area contributed by atoms with Crippen molar-refractivity contribution in [1.82, 2.24) is 25.2 Å². The van der Waals surface area contributed by atoms with Crippen LogP contribution >= 0.6 is 0 Å². The highest BCUT2D eigenvalue weighted by atomic mass is 16.8. The normalized spacial score (nSPS) is 14.9. The van der Waals surface area contributed by atoms with Crippen LogP contribution in [0.3, 0.4) is 0 Å². The number of ether oxygens (including phenoxy) is 3. The van der Waals surface area contributed by atoms with Crippen LogP contribution in [0.5, 0.6) is 11.5 Å². The lowest BCUT2D eigenvalue weighted by Crippen LogP contribution is -2.55. The molecule has 2 amide bonds. The van der Waals surface area contributed by atoms with Gasteiger partial charge in [-0.1, -0.05) is 36.4 Å². The zero-order valence-electron chi connectivity index (χ0n) is 23.9. The van der Waals surface area contributed by atoms with E-state index in [9.17, 15) is 24.3 Å². The van der Waals surface area contributed by atoms with E-state index in [1.165, 1.54) is 16.2 Å². The molecule has 1 saturated heterocycles. The Hall–Kier alpha value is -5.24. The summed E-state index contributed by atoms with van der Waals surface area (Å²) in [7, 11) is 0. The number of nitrogens with one attached hydrogen (secondary N) is 1. The summed E-state index contributed by atoms with van der Waals surface area (Å²) in [4.78, 5) is 66.2. The van der Waals surface area contributed by atoms with Crippen molar-refractivity contribution in [1.29, 1.82) is 0 Å². The molecule has 5 rings (SSSR count). The van der Waals surface area contributed by atoms with Gasteiger partial charge in [0.2, 0.25) is 12.7 Å². The Balaban J connectivity index is 1.39. The van der Waals surface area contributed by atoms with Crippen LogP contribution in [0.4, 0.5) is 4.79 Å². The van der Waals surface area contributed by atoms with E-state index >= 15 is 0 Å². The molecule has 1 fully saturated rings. The maximum Gasteiger partial charge on any atom is 0.527 e. The number of amides is 2. The van der Waals surface area contributed by atoms with E-state index < -0.39 is 30.0 Å². The van der Waals surface area contributed by atoms with Crippen LogP contribution in [0.15, 0.2) is 54.7 Å². The lowest BCUT2D eigenvalue weighted by molar-refractivity contribution is -0.157. The Labute approximate surface area is 252 Å². The van der Waals surface area contributed by atoms with Gasteiger partial charge in [0.15, 0.2) is 17.3 Å². The number of carbonyl (C=O) groups excluding carboxylic acids is 3. The number of carboxylic acids is 1. The van der Waals surface area contributed by atoms with E-state index in [0.29, 0.717) is 34.0 Å². The van der Waals surface area contributed by atoms with E-state index in [-0.39, 0.29) is 58.1 Å². The van der Waals surface area contributed by atoms with Crippen molar-refractivity contribution in [3.8, 4) is 34.0 Å². The topological polar surface area (TPSA) is 170 Å². The molecule has 44 heavy (non-hydrogen) atoms. The van der Waals surface area contributed by atoms with Crippen LogP contribution in [0, 0.1) is 0 Å². The molecule has 14 nitrogen and oxygen atoms in total. The molecule has 0 unspecified atom stereocenters. The predicted molar refractivity (Wildman–Crippen MR) is 153 cm³/mol. The summed E-state index contributed by atoms with van der Waals surface area (Å²) in [5.41, 5.74) is 1.65. The second-order valence-corrected chi connectivity index (χ2v) is 9.88. The fourth-order valence-corrected chi connectivity index (χ4v) is 4.78. The van der Waals surface area contributed by atoms with Crippen molar-refractivity contribution in [2.24, 2.45) is 0 Å². The summed E-state index contributed by atoms with van der Waals surface area (Å²) < 4.78 is 15.7. The second-order valence-electron chi connectivity index (χ2n) is 9.88. The van der Waals surface area contributed by atoms with Crippen molar-refractivity contribution in [3.05, 3.63) is 60.4 Å². The molecule has 0 bridgehead atoms. The molecule has 2 N–H and O–H groups in total. The number of rotatable bonds is 10. The van der Waals surface area contributed by atoms with Crippen LogP contribution < -0.4 is 14.8 Å². The molecule has 0 radical (unpaired) electrons. The zero-order valence-corrected chi connectivity index (χ0v) is 23.9. The number of nitrogens with zero attached hydrogens (tertiary/aromatic N) is 4. The van der Waals surface area contributed by atoms with E-state index in [4.69, 9.17) is 19.0 Å². The minimum atomic E-state index is -1.16. The van der Waals surface area contributed by atoms with Gasteiger partial charge in [-0.25, -0.2) is 14.8 Å². The van der Waals surface area contributed by atoms with Gasteiger partial charge in [-0.2, -0.15) is 0 Å². The number of fused-ring (bicyclic) bond motifs is 1. The Morgan fingerprint density at radius 1 is 1.00 bits per heavy atom. The first kappa shape index (κ1) is 30.2. The molecule has 2 aliphatic rings. The third kappa shape index (κ3) is 7.21. The molecule has 230 valence electrons. The quantitative estimate of drug-likeness (QED) is 0.325. The number of carboxylic acid groups (broad SMARTS) is 1. The number of carbonyl (C=O) groups is 4. The maximum atomic E-state index is 13.9. The monoisotopic (exact) mass is 605 g/mol. The minimum Gasteiger partial charge on any atom is -0.481 e. The summed E-state index contributed by atoms with van der Waals surface area (Å²) in [6.45, 7) is 2.70. The van der Waals surface area contributed by atoms with Gasteiger partial charge in [-0.15, -0.1) is 5.06 Å². The zero-order chi connectivity index (χ0) is 31.1. The van der Waals surface area contributed by atoms with Gasteiger partial charge < -0.3 is 34.4 Å². The maximum absolute atomic E-state index is 13.9. The first-order valence-corrected chi connectivity index (χ1v) is 14.1. The summed E-state index contributed by atoms with van der Waals surface area (Å²) in [5, 5.41) is 13.5. The van der Waals surface area contributed by atoms with E-state index in [1.54, 1.807) is 25.1 Å². The predicted octanol–water partition coefficient (Wildman–Crippen LogP) is 2.73. The Morgan fingerprint density at radius 3 is 2.48 bits per heavy atom. The van der Waals surface area contributed by atoms with Crippen LogP contribution in [0.1, 0.15) is 30.3 Å². The molecule has 1 aromatic heterocycles. The number of benzene rings is 2. The van der Waals surface area contributed by atoms with Crippen molar-refractivity contribution in [2.45, 2.75) is 25.8 Å². The summed E-state index contributed by atoms with van der Waals surface area (Å²) in [6.07, 6.45) is 0.196. The lowest BCUT2D eigenvalue weighted by atomic mass is 10.0. The Bertz CT molecular complexity index is 1530. The first-order valence-electron chi connectivity index (χ1n) is 14.1. The molecule has 2 aromatic carbocycles. The lowest BCUT2D eigenvalue weighted by Gasteiger charge is -2.35. The fourth-order valence-electron chi connectivity index (χ4n) is 4.78. The third-order valence-electron chi connectivity index (χ3n) is 6.99. The van der Waals surface area contributed by atoms with Crippen molar-refractivity contribution in [3.63, 3.8) is 0 Å². The van der Waals surface area contributed by atoms with Gasteiger partial charge >= 0.3 is 12.1 Å². The van der Waals surface area contributed by atoms with Crippen molar-refractivity contribution < 1.29 is 43.3 Å². The summed E-state index contributed by atoms with van der Waals surface area (Å²) in [5.74, 6) is -0.886. The fraction of sp³-hybridized carbons (Fsp3) is 0.333. The van der Waals surface area contributed by atoms with E-state index in [1.807, 2.05) is 30.3 Å². The third-order valence-corrected chi connectivity index (χ3v) is 6.99. The van der Waals surface area contributed by atoms with Gasteiger partial charge in [-0.05, 0) is 31.0 Å². The SMILES string of the molecule is CCOC(=O)ON1CCN(C(=O)[C@H](CCC(=O)O)NC(=O)c2nc(-c3ccccc3)ncc2-c2ccc3c(c2)OCO3)CC1. The Morgan fingerprint density at radius 2 is 1.75 bits per heavy atom. The van der Waals surface area contributed by atoms with Gasteiger partial charge in [0, 0.05) is 36.8 Å². The number of aliphatic carboxylic acids is 1. The molecule has 14 heteroatoms. The molecule has 0 aliphatic carbocycles. The van der Waals surface area contributed by atoms with Crippen LogP contribution in [0.25, 0.3) is 22.5 Å². The summed E-state index contributed by atoms with van der Waals surface area (Å²) >= 11 is 0. The molecule has 3 heterocycles. The standard InChI is InChI=1S/C30H31N5O9/c1-2-41-30(40)44-35-14-12-34(13-15-35)29(39)22(9-11-25(36)37)32-28(38)26-21(20-8-10-23-24(16-20)43-18-42-23)17-31-27(33-26)19-6-4-3-5-7-19/h3-8,10,16-17,22H,2,9,11-15,18H2,1H3,(H,32,38)(H,36,37)/t22-/m0/s1. The van der Waals surface area contributed by atoms with Gasteiger partial charge in [0.25, 0.3) is 5.91 Å². The second kappa shape index (κ2) is 13.8. The average molecular weight is 606 g/mol. The van der Waals surface area contributed by atoms with Gasteiger partial charge in [-0.3, -0.25) is 14.4 Å². The molecular weight excluding hydrogens is 574 g/mol. The number of hydrogen-bond donors (Lipinski definition) is 2. The average Bonchev–Trinajstić information content (AvgIpc) is 3.51. The summed E-state index contributed by atoms with van der Waals surface area (Å²) in [6, 6.07) is 13.1.